The van der Waals surface area contributed by atoms with E-state index in [9.17, 15) is 19.7 Å². The first-order valence-electron chi connectivity index (χ1n) is 7.71. The highest BCUT2D eigenvalue weighted by atomic mass is 16.6. The third kappa shape index (κ3) is 3.21. The molecule has 0 fully saturated rings. The number of rotatable bonds is 4. The monoisotopic (exact) mass is 340 g/mol. The Hall–Kier alpha value is -3.22. The first kappa shape index (κ1) is 16.6. The van der Waals surface area contributed by atoms with Crippen LogP contribution in [0, 0.1) is 16.0 Å². The first-order valence-corrected chi connectivity index (χ1v) is 7.71. The fourth-order valence-electron chi connectivity index (χ4n) is 2.98. The van der Waals surface area contributed by atoms with Crippen LogP contribution < -0.4 is 4.90 Å². The molecule has 0 aliphatic carbocycles. The van der Waals surface area contributed by atoms with Crippen molar-refractivity contribution < 1.29 is 19.2 Å². The van der Waals surface area contributed by atoms with E-state index in [0.29, 0.717) is 11.3 Å². The molecular weight excluding hydrogens is 324 g/mol. The Kier molecular flexibility index (Phi) is 4.47. The van der Waals surface area contributed by atoms with Crippen molar-refractivity contribution in [1.82, 2.24) is 0 Å². The number of methoxy groups -OCH3 is 1. The van der Waals surface area contributed by atoms with Crippen molar-refractivity contribution >= 4 is 23.3 Å². The van der Waals surface area contributed by atoms with Crippen LogP contribution in [0.2, 0.25) is 0 Å². The highest BCUT2D eigenvalue weighted by molar-refractivity contribution is 6.08. The van der Waals surface area contributed by atoms with Gasteiger partial charge in [-0.05, 0) is 23.6 Å². The maximum atomic E-state index is 12.8. The van der Waals surface area contributed by atoms with Gasteiger partial charge in [-0.1, -0.05) is 30.3 Å². The largest absolute Gasteiger partial charge is 0.468 e. The highest BCUT2D eigenvalue weighted by Gasteiger charge is 2.38. The van der Waals surface area contributed by atoms with Crippen LogP contribution in [0.25, 0.3) is 0 Å². The molecule has 3 rings (SSSR count). The summed E-state index contributed by atoms with van der Waals surface area (Å²) >= 11 is 0. The molecule has 0 saturated carbocycles. The van der Waals surface area contributed by atoms with Crippen molar-refractivity contribution in [2.75, 3.05) is 12.0 Å². The topological polar surface area (TPSA) is 89.8 Å². The lowest BCUT2D eigenvalue weighted by Crippen LogP contribution is -2.44. The second kappa shape index (κ2) is 6.72. The molecule has 25 heavy (non-hydrogen) atoms. The molecule has 7 nitrogen and oxygen atoms in total. The first-order chi connectivity index (χ1) is 12.0. The van der Waals surface area contributed by atoms with Gasteiger partial charge in [0.1, 0.15) is 5.92 Å². The van der Waals surface area contributed by atoms with Crippen LogP contribution in [0.1, 0.15) is 11.1 Å². The van der Waals surface area contributed by atoms with E-state index in [1.165, 1.54) is 24.1 Å². The average molecular weight is 340 g/mol. The van der Waals surface area contributed by atoms with Crippen molar-refractivity contribution in [3.8, 4) is 0 Å². The van der Waals surface area contributed by atoms with Crippen LogP contribution in [-0.2, 0) is 27.3 Å². The second-order valence-corrected chi connectivity index (χ2v) is 5.76. The zero-order chi connectivity index (χ0) is 18.0. The standard InChI is InChI=1S/C18H16N2O5/c1-25-18(22)15-10-13-9-14(20(23)24)7-8-16(13)19(17(15)21)11-12-5-3-2-4-6-12/h2-9,15H,10-11H2,1H3. The predicted molar refractivity (Wildman–Crippen MR) is 89.9 cm³/mol. The molecule has 0 spiro atoms. The number of nitro benzene ring substituents is 1. The Balaban J connectivity index is 2.04. The zero-order valence-corrected chi connectivity index (χ0v) is 13.5. The summed E-state index contributed by atoms with van der Waals surface area (Å²) in [6.45, 7) is 0.276. The second-order valence-electron chi connectivity index (χ2n) is 5.76. The van der Waals surface area contributed by atoms with Crippen LogP contribution in [0.4, 0.5) is 11.4 Å². The molecule has 7 heteroatoms. The quantitative estimate of drug-likeness (QED) is 0.369. The summed E-state index contributed by atoms with van der Waals surface area (Å²) in [6, 6.07) is 13.7. The van der Waals surface area contributed by atoms with E-state index in [4.69, 9.17) is 4.74 Å². The summed E-state index contributed by atoms with van der Waals surface area (Å²) in [7, 11) is 1.22. The number of ether oxygens (including phenoxy) is 1. The SMILES string of the molecule is COC(=O)C1Cc2cc([N+](=O)[O-])ccc2N(Cc2ccccc2)C1=O. The predicted octanol–water partition coefficient (Wildman–Crippen LogP) is 2.47. The van der Waals surface area contributed by atoms with Crippen LogP contribution in [0.3, 0.4) is 0 Å². The Labute approximate surface area is 144 Å². The molecule has 0 aromatic heterocycles. The van der Waals surface area contributed by atoms with Gasteiger partial charge in [-0.3, -0.25) is 19.7 Å². The average Bonchev–Trinajstić information content (AvgIpc) is 2.63. The number of nitrogens with zero attached hydrogens (tertiary/aromatic N) is 2. The molecule has 1 aliphatic heterocycles. The molecule has 0 radical (unpaired) electrons. The molecule has 1 aliphatic rings. The van der Waals surface area contributed by atoms with Gasteiger partial charge in [0.15, 0.2) is 0 Å². The molecule has 1 heterocycles. The number of benzene rings is 2. The molecule has 1 unspecified atom stereocenters. The Morgan fingerprint density at radius 2 is 2.00 bits per heavy atom. The molecule has 2 aromatic carbocycles. The van der Waals surface area contributed by atoms with Gasteiger partial charge in [-0.2, -0.15) is 0 Å². The number of carbonyl (C=O) groups is 2. The lowest BCUT2D eigenvalue weighted by atomic mass is 9.91. The Bertz CT molecular complexity index is 835. The molecule has 1 amide bonds. The number of amides is 1. The van der Waals surface area contributed by atoms with Crippen LogP contribution >= 0.6 is 0 Å². The summed E-state index contributed by atoms with van der Waals surface area (Å²) in [6.07, 6.45) is 0.0911. The number of nitro groups is 1. The smallest absolute Gasteiger partial charge is 0.318 e. The van der Waals surface area contributed by atoms with Crippen molar-refractivity contribution in [2.24, 2.45) is 5.92 Å². The van der Waals surface area contributed by atoms with Gasteiger partial charge >= 0.3 is 5.97 Å². The molecule has 0 saturated heterocycles. The minimum absolute atomic E-state index is 0.0728. The summed E-state index contributed by atoms with van der Waals surface area (Å²) in [5.41, 5.74) is 1.99. The lowest BCUT2D eigenvalue weighted by molar-refractivity contribution is -0.384. The number of fused-ring (bicyclic) bond motifs is 1. The summed E-state index contributed by atoms with van der Waals surface area (Å²) < 4.78 is 4.73. The lowest BCUT2D eigenvalue weighted by Gasteiger charge is -2.33. The molecule has 128 valence electrons. The maximum Gasteiger partial charge on any atom is 0.318 e. The van der Waals surface area contributed by atoms with E-state index in [2.05, 4.69) is 0 Å². The summed E-state index contributed by atoms with van der Waals surface area (Å²) in [5.74, 6) is -2.00. The van der Waals surface area contributed by atoms with E-state index in [0.717, 1.165) is 5.56 Å². The number of carbonyl (C=O) groups excluding carboxylic acids is 2. The van der Waals surface area contributed by atoms with Crippen molar-refractivity contribution in [3.63, 3.8) is 0 Å². The molecular formula is C18H16N2O5. The number of hydrogen-bond donors (Lipinski definition) is 0. The van der Waals surface area contributed by atoms with E-state index in [1.54, 1.807) is 6.07 Å². The number of hydrogen-bond acceptors (Lipinski definition) is 5. The third-order valence-electron chi connectivity index (χ3n) is 4.22. The Morgan fingerprint density at radius 1 is 1.28 bits per heavy atom. The molecule has 0 bridgehead atoms. The fourth-order valence-corrected chi connectivity index (χ4v) is 2.98. The molecule has 0 N–H and O–H groups in total. The Morgan fingerprint density at radius 3 is 2.64 bits per heavy atom. The van der Waals surface area contributed by atoms with Gasteiger partial charge in [-0.15, -0.1) is 0 Å². The number of esters is 1. The normalized spacial score (nSPS) is 16.3. The van der Waals surface area contributed by atoms with Crippen LogP contribution in [-0.4, -0.2) is 23.9 Å². The van der Waals surface area contributed by atoms with Crippen LogP contribution in [0.15, 0.2) is 48.5 Å². The minimum Gasteiger partial charge on any atom is -0.468 e. The van der Waals surface area contributed by atoms with Gasteiger partial charge in [0.05, 0.1) is 18.6 Å². The van der Waals surface area contributed by atoms with Gasteiger partial charge in [0, 0.05) is 17.8 Å². The van der Waals surface area contributed by atoms with E-state index in [1.807, 2.05) is 30.3 Å². The van der Waals surface area contributed by atoms with Gasteiger partial charge in [-0.25, -0.2) is 0 Å². The van der Waals surface area contributed by atoms with Crippen molar-refractivity contribution in [2.45, 2.75) is 13.0 Å². The molecule has 2 aromatic rings. The van der Waals surface area contributed by atoms with E-state index >= 15 is 0 Å². The summed E-state index contributed by atoms with van der Waals surface area (Å²) in [5, 5.41) is 11.0. The summed E-state index contributed by atoms with van der Waals surface area (Å²) in [4.78, 5) is 36.8. The number of anilines is 1. The van der Waals surface area contributed by atoms with Crippen molar-refractivity contribution in [3.05, 3.63) is 69.8 Å². The van der Waals surface area contributed by atoms with E-state index < -0.39 is 16.8 Å². The number of non-ortho nitro benzene ring substituents is 1. The zero-order valence-electron chi connectivity index (χ0n) is 13.5. The van der Waals surface area contributed by atoms with Gasteiger partial charge < -0.3 is 9.64 Å². The fraction of sp³-hybridized carbons (Fsp3) is 0.222. The van der Waals surface area contributed by atoms with Gasteiger partial charge in [0.25, 0.3) is 5.69 Å². The van der Waals surface area contributed by atoms with Crippen LogP contribution in [0.5, 0.6) is 0 Å². The molecule has 1 atom stereocenters. The minimum atomic E-state index is -0.997. The van der Waals surface area contributed by atoms with Gasteiger partial charge in [0.2, 0.25) is 5.91 Å². The van der Waals surface area contributed by atoms with E-state index in [-0.39, 0.29) is 24.6 Å². The van der Waals surface area contributed by atoms with Crippen molar-refractivity contribution in [1.29, 1.82) is 0 Å². The third-order valence-corrected chi connectivity index (χ3v) is 4.22. The maximum absolute atomic E-state index is 12.8. The highest BCUT2D eigenvalue weighted by Crippen LogP contribution is 2.34.